The number of benzene rings is 1. The van der Waals surface area contributed by atoms with Gasteiger partial charge in [0.15, 0.2) is 0 Å². The average Bonchev–Trinajstić information content (AvgIpc) is 2.88. The van der Waals surface area contributed by atoms with Crippen molar-refractivity contribution in [2.45, 2.75) is 11.4 Å². The van der Waals surface area contributed by atoms with Crippen molar-refractivity contribution in [2.24, 2.45) is 0 Å². The number of halogens is 1. The Hall–Kier alpha value is -1.54. The fourth-order valence-electron chi connectivity index (χ4n) is 1.80. The molecule has 0 aliphatic carbocycles. The fourth-order valence-corrected chi connectivity index (χ4v) is 4.24. The van der Waals surface area contributed by atoms with Gasteiger partial charge in [-0.2, -0.15) is 0 Å². The molecule has 0 amide bonds. The smallest absolute Gasteiger partial charge is 0.243 e. The highest BCUT2D eigenvalue weighted by atomic mass is 35.5. The molecule has 2 heterocycles. The molecule has 0 saturated heterocycles. The summed E-state index contributed by atoms with van der Waals surface area (Å²) in [6.45, 7) is 0.118. The average molecular weight is 340 g/mol. The zero-order chi connectivity index (χ0) is 14.9. The standard InChI is InChI=1S/C13H10ClN3O2S2/c14-13-11(6-3-7-15-13)21(18,19)16-8-12-17-9-4-1-2-5-10(9)20-12/h1-7,16H,8H2. The maximum Gasteiger partial charge on any atom is 0.244 e. The zero-order valence-corrected chi connectivity index (χ0v) is 13.0. The van der Waals surface area contributed by atoms with Gasteiger partial charge in [-0.3, -0.25) is 0 Å². The van der Waals surface area contributed by atoms with E-state index in [-0.39, 0.29) is 16.6 Å². The van der Waals surface area contributed by atoms with Crippen molar-refractivity contribution in [3.63, 3.8) is 0 Å². The van der Waals surface area contributed by atoms with Crippen LogP contribution in [0, 0.1) is 0 Å². The second kappa shape index (κ2) is 5.69. The highest BCUT2D eigenvalue weighted by Crippen LogP contribution is 2.22. The first-order valence-electron chi connectivity index (χ1n) is 6.01. The molecule has 0 radical (unpaired) electrons. The molecule has 0 unspecified atom stereocenters. The lowest BCUT2D eigenvalue weighted by Gasteiger charge is -2.05. The van der Waals surface area contributed by atoms with E-state index >= 15 is 0 Å². The Bertz CT molecular complexity index is 860. The third-order valence-electron chi connectivity index (χ3n) is 2.77. The number of rotatable bonds is 4. The maximum atomic E-state index is 12.2. The molecule has 21 heavy (non-hydrogen) atoms. The number of hydrogen-bond acceptors (Lipinski definition) is 5. The van der Waals surface area contributed by atoms with E-state index in [1.165, 1.54) is 29.7 Å². The van der Waals surface area contributed by atoms with Gasteiger partial charge in [-0.25, -0.2) is 23.1 Å². The molecule has 5 nitrogen and oxygen atoms in total. The summed E-state index contributed by atoms with van der Waals surface area (Å²) in [5.74, 6) is 0. The van der Waals surface area contributed by atoms with Crippen LogP contribution < -0.4 is 4.72 Å². The summed E-state index contributed by atoms with van der Waals surface area (Å²) in [7, 11) is -3.70. The molecule has 0 aliphatic rings. The van der Waals surface area contributed by atoms with E-state index in [1.54, 1.807) is 0 Å². The van der Waals surface area contributed by atoms with Gasteiger partial charge in [-0.1, -0.05) is 23.7 Å². The Kier molecular flexibility index (Phi) is 3.90. The minimum absolute atomic E-state index is 0.0345. The van der Waals surface area contributed by atoms with Crippen LogP contribution in [0.3, 0.4) is 0 Å². The largest absolute Gasteiger partial charge is 0.244 e. The van der Waals surface area contributed by atoms with Gasteiger partial charge in [0.05, 0.1) is 16.8 Å². The normalized spacial score (nSPS) is 11.9. The molecule has 3 aromatic rings. The Morgan fingerprint density at radius 1 is 1.19 bits per heavy atom. The summed E-state index contributed by atoms with van der Waals surface area (Å²) in [6, 6.07) is 10.6. The van der Waals surface area contributed by atoms with Crippen molar-refractivity contribution in [1.82, 2.24) is 14.7 Å². The first-order valence-corrected chi connectivity index (χ1v) is 8.69. The molecule has 2 aromatic heterocycles. The van der Waals surface area contributed by atoms with Crippen molar-refractivity contribution in [1.29, 1.82) is 0 Å². The Morgan fingerprint density at radius 2 is 2.00 bits per heavy atom. The van der Waals surface area contributed by atoms with Gasteiger partial charge in [0, 0.05) is 6.20 Å². The first-order chi connectivity index (χ1) is 10.1. The minimum Gasteiger partial charge on any atom is -0.243 e. The van der Waals surface area contributed by atoms with Crippen LogP contribution in [0.2, 0.25) is 5.15 Å². The molecular weight excluding hydrogens is 330 g/mol. The number of nitrogens with one attached hydrogen (secondary N) is 1. The number of nitrogens with zero attached hydrogens (tertiary/aromatic N) is 2. The molecule has 3 rings (SSSR count). The third-order valence-corrected chi connectivity index (χ3v) is 5.65. The Morgan fingerprint density at radius 3 is 2.76 bits per heavy atom. The van der Waals surface area contributed by atoms with Crippen molar-refractivity contribution < 1.29 is 8.42 Å². The van der Waals surface area contributed by atoms with E-state index < -0.39 is 10.0 Å². The van der Waals surface area contributed by atoms with Crippen LogP contribution in [-0.4, -0.2) is 18.4 Å². The molecule has 1 N–H and O–H groups in total. The van der Waals surface area contributed by atoms with Crippen molar-refractivity contribution >= 4 is 43.2 Å². The molecule has 0 saturated carbocycles. The highest BCUT2D eigenvalue weighted by molar-refractivity contribution is 7.89. The Balaban J connectivity index is 1.82. The summed E-state index contributed by atoms with van der Waals surface area (Å²) < 4.78 is 27.9. The van der Waals surface area contributed by atoms with Crippen molar-refractivity contribution in [3.8, 4) is 0 Å². The van der Waals surface area contributed by atoms with Gasteiger partial charge >= 0.3 is 0 Å². The second-order valence-corrected chi connectivity index (χ2v) is 7.40. The maximum absolute atomic E-state index is 12.2. The van der Waals surface area contributed by atoms with E-state index in [1.807, 2.05) is 24.3 Å². The fraction of sp³-hybridized carbons (Fsp3) is 0.0769. The molecule has 0 aliphatic heterocycles. The van der Waals surface area contributed by atoms with Crippen LogP contribution in [0.5, 0.6) is 0 Å². The van der Waals surface area contributed by atoms with Crippen molar-refractivity contribution in [3.05, 3.63) is 52.8 Å². The number of hydrogen-bond donors (Lipinski definition) is 1. The third kappa shape index (κ3) is 3.06. The van der Waals surface area contributed by atoms with Gasteiger partial charge in [0.1, 0.15) is 15.1 Å². The van der Waals surface area contributed by atoms with Gasteiger partial charge in [-0.15, -0.1) is 11.3 Å². The summed E-state index contributed by atoms with van der Waals surface area (Å²) in [5.41, 5.74) is 0.858. The molecule has 108 valence electrons. The predicted molar refractivity (Wildman–Crippen MR) is 82.9 cm³/mol. The molecule has 0 atom stereocenters. The summed E-state index contributed by atoms with van der Waals surface area (Å²) in [6.07, 6.45) is 1.44. The zero-order valence-electron chi connectivity index (χ0n) is 10.7. The number of fused-ring (bicyclic) bond motifs is 1. The van der Waals surface area contributed by atoms with Crippen LogP contribution in [0.15, 0.2) is 47.5 Å². The topological polar surface area (TPSA) is 72.0 Å². The summed E-state index contributed by atoms with van der Waals surface area (Å²) in [4.78, 5) is 8.11. The van der Waals surface area contributed by atoms with Gasteiger partial charge in [0.25, 0.3) is 0 Å². The molecule has 0 fully saturated rings. The first kappa shape index (κ1) is 14.4. The molecule has 0 spiro atoms. The monoisotopic (exact) mass is 339 g/mol. The summed E-state index contributed by atoms with van der Waals surface area (Å²) in [5, 5.41) is 0.647. The number of sulfonamides is 1. The van der Waals surface area contributed by atoms with Crippen LogP contribution in [-0.2, 0) is 16.6 Å². The number of para-hydroxylation sites is 1. The van der Waals surface area contributed by atoms with Crippen LogP contribution in [0.4, 0.5) is 0 Å². The van der Waals surface area contributed by atoms with Crippen LogP contribution >= 0.6 is 22.9 Å². The van der Waals surface area contributed by atoms with E-state index in [4.69, 9.17) is 11.6 Å². The molecule has 1 aromatic carbocycles. The minimum atomic E-state index is -3.70. The SMILES string of the molecule is O=S(=O)(NCc1nc2ccccc2s1)c1cccnc1Cl. The molecular formula is C13H10ClN3O2S2. The second-order valence-electron chi connectivity index (χ2n) is 4.19. The van der Waals surface area contributed by atoms with Crippen LogP contribution in [0.25, 0.3) is 10.2 Å². The van der Waals surface area contributed by atoms with Gasteiger partial charge < -0.3 is 0 Å². The molecule has 0 bridgehead atoms. The van der Waals surface area contributed by atoms with Crippen LogP contribution in [0.1, 0.15) is 5.01 Å². The van der Waals surface area contributed by atoms with Crippen molar-refractivity contribution in [2.75, 3.05) is 0 Å². The number of pyridine rings is 1. The Labute approximate surface area is 130 Å². The summed E-state index contributed by atoms with van der Waals surface area (Å²) >= 11 is 7.26. The highest BCUT2D eigenvalue weighted by Gasteiger charge is 2.18. The lowest BCUT2D eigenvalue weighted by molar-refractivity contribution is 0.581. The quantitative estimate of drug-likeness (QED) is 0.742. The predicted octanol–water partition coefficient (Wildman–Crippen LogP) is 2.82. The number of thiazole rings is 1. The van der Waals surface area contributed by atoms with Gasteiger partial charge in [-0.05, 0) is 24.3 Å². The lowest BCUT2D eigenvalue weighted by atomic mass is 10.3. The van der Waals surface area contributed by atoms with E-state index in [2.05, 4.69) is 14.7 Å². The van der Waals surface area contributed by atoms with E-state index in [0.29, 0.717) is 5.01 Å². The van der Waals surface area contributed by atoms with Gasteiger partial charge in [0.2, 0.25) is 10.0 Å². The van der Waals surface area contributed by atoms with E-state index in [9.17, 15) is 8.42 Å². The molecule has 8 heteroatoms. The number of aromatic nitrogens is 2. The lowest BCUT2D eigenvalue weighted by Crippen LogP contribution is -2.23. The van der Waals surface area contributed by atoms with E-state index in [0.717, 1.165) is 10.2 Å².